The van der Waals surface area contributed by atoms with Gasteiger partial charge in [0, 0.05) is 69.6 Å². The largest absolute Gasteiger partial charge is 0.584 e. The molecule has 71 heavy (non-hydrogen) atoms. The summed E-state index contributed by atoms with van der Waals surface area (Å²) < 4.78 is 13.0. The number of para-hydroxylation sites is 4. The Morgan fingerprint density at radius 1 is 0.394 bits per heavy atom. The molecular formula is C62H54N2O4S2Zr. The number of aromatic hydroxyl groups is 4. The molecule has 352 valence electrons. The second kappa shape index (κ2) is 22.6. The summed E-state index contributed by atoms with van der Waals surface area (Å²) in [5, 5.41) is 35.5. The molecule has 0 bridgehead atoms. The summed E-state index contributed by atoms with van der Waals surface area (Å²) in [6.07, 6.45) is 0. The molecule has 0 aliphatic carbocycles. The van der Waals surface area contributed by atoms with Gasteiger partial charge in [-0.3, -0.25) is 0 Å². The third-order valence-corrected chi connectivity index (χ3v) is 13.6. The van der Waals surface area contributed by atoms with E-state index in [4.69, 9.17) is 0 Å². The number of fused-ring (bicyclic) bond motifs is 6. The van der Waals surface area contributed by atoms with Gasteiger partial charge in [-0.05, 0) is 73.5 Å². The normalized spacial score (nSPS) is 10.6. The number of ether oxygens (including phenoxy) is 2. The quantitative estimate of drug-likeness (QED) is 0.129. The molecule has 0 fully saturated rings. The van der Waals surface area contributed by atoms with Crippen molar-refractivity contribution >= 4 is 66.3 Å². The van der Waals surface area contributed by atoms with Crippen LogP contribution in [0.4, 0.5) is 0 Å². The molecule has 12 aromatic rings. The summed E-state index contributed by atoms with van der Waals surface area (Å²) in [4.78, 5) is 0. The first-order valence-electron chi connectivity index (χ1n) is 22.9. The van der Waals surface area contributed by atoms with Crippen molar-refractivity contribution in [1.82, 2.24) is 9.13 Å². The molecule has 4 aromatic heterocycles. The number of thiophene rings is 2. The fraction of sp³-hybridized carbons (Fsp3) is 0.0645. The van der Waals surface area contributed by atoms with Gasteiger partial charge in [-0.25, -0.2) is 0 Å². The maximum atomic E-state index is 11.3. The van der Waals surface area contributed by atoms with E-state index in [1.807, 2.05) is 131 Å². The van der Waals surface area contributed by atoms with Crippen LogP contribution in [0.2, 0.25) is 0 Å². The minimum atomic E-state index is 0. The van der Waals surface area contributed by atoms with E-state index >= 15 is 0 Å². The fourth-order valence-electron chi connectivity index (χ4n) is 8.92. The van der Waals surface area contributed by atoms with Crippen molar-refractivity contribution in [2.24, 2.45) is 0 Å². The third-order valence-electron chi connectivity index (χ3n) is 12.1. The van der Waals surface area contributed by atoms with Gasteiger partial charge < -0.3 is 28.8 Å². The van der Waals surface area contributed by atoms with Crippen molar-refractivity contribution in [3.8, 4) is 56.6 Å². The molecule has 0 aliphatic heterocycles. The van der Waals surface area contributed by atoms with Gasteiger partial charge in [0.25, 0.3) is 11.5 Å². The molecule has 8 aromatic carbocycles. The first-order valence-corrected chi connectivity index (χ1v) is 24.8. The SMILES string of the molecule is C[OH+]c1cscc1-c1cc(C)cc(-n2c3ccccc3c3ccccc32)c1O.C[OH+]c1cscc1-c1cc(C)cc(-n2c3ccccc3c3ccccc32)c1O.[CH2-]c1ccccc1.[CH2-]c1ccccc1.[Zr]. The second-order valence-electron chi connectivity index (χ2n) is 16.9. The molecule has 0 unspecified atom stereocenters. The van der Waals surface area contributed by atoms with Gasteiger partial charge in [0.1, 0.15) is 11.5 Å². The van der Waals surface area contributed by atoms with Crippen molar-refractivity contribution in [2.45, 2.75) is 13.8 Å². The third kappa shape index (κ3) is 10.4. The van der Waals surface area contributed by atoms with Crippen LogP contribution in [0.15, 0.2) is 204 Å². The van der Waals surface area contributed by atoms with Gasteiger partial charge in [-0.15, -0.1) is 46.9 Å². The molecule has 0 spiro atoms. The summed E-state index contributed by atoms with van der Waals surface area (Å²) in [6.45, 7) is 11.6. The zero-order valence-corrected chi connectivity index (χ0v) is 44.1. The molecule has 0 atom stereocenters. The van der Waals surface area contributed by atoms with Crippen LogP contribution in [0.1, 0.15) is 22.3 Å². The number of benzene rings is 8. The van der Waals surface area contributed by atoms with E-state index in [1.54, 1.807) is 36.9 Å². The Morgan fingerprint density at radius 2 is 0.690 bits per heavy atom. The predicted octanol–water partition coefficient (Wildman–Crippen LogP) is 16.5. The maximum absolute atomic E-state index is 11.3. The molecule has 0 radical (unpaired) electrons. The number of phenols is 2. The number of hydrogen-bond acceptors (Lipinski definition) is 4. The average molecular weight is 1050 g/mol. The fourth-order valence-corrected chi connectivity index (χ4v) is 10.5. The molecule has 12 rings (SSSR count). The van der Waals surface area contributed by atoms with Gasteiger partial charge in [0.05, 0.1) is 55.3 Å². The predicted molar refractivity (Wildman–Crippen MR) is 298 cm³/mol. The van der Waals surface area contributed by atoms with Crippen molar-refractivity contribution < 1.29 is 45.9 Å². The zero-order chi connectivity index (χ0) is 48.7. The molecule has 0 saturated heterocycles. The summed E-state index contributed by atoms with van der Waals surface area (Å²) in [7, 11) is 3.57. The number of phenolic OH excluding ortho intramolecular Hbond substituents is 2. The van der Waals surface area contributed by atoms with Gasteiger partial charge in [-0.1, -0.05) is 84.9 Å². The summed E-state index contributed by atoms with van der Waals surface area (Å²) in [5.41, 5.74) is 13.8. The number of aromatic nitrogens is 2. The molecule has 0 saturated carbocycles. The van der Waals surface area contributed by atoms with Crippen LogP contribution < -0.4 is 0 Å². The zero-order valence-electron chi connectivity index (χ0n) is 40.0. The first kappa shape index (κ1) is 50.0. The van der Waals surface area contributed by atoms with Gasteiger partial charge in [0.15, 0.2) is 14.2 Å². The number of aliphatic hydroxyl groups is 2. The topological polar surface area (TPSA) is 75.9 Å². The minimum absolute atomic E-state index is 0. The molecule has 6 nitrogen and oxygen atoms in total. The van der Waals surface area contributed by atoms with E-state index in [1.165, 1.54) is 21.5 Å². The number of hydrogen-bond donors (Lipinski definition) is 2. The average Bonchev–Trinajstić information content (AvgIpc) is 4.20. The number of rotatable bonds is 6. The maximum Gasteiger partial charge on any atom is 0.273 e. The summed E-state index contributed by atoms with van der Waals surface area (Å²) >= 11 is 3.19. The van der Waals surface area contributed by atoms with E-state index in [9.17, 15) is 10.2 Å². The first-order chi connectivity index (χ1) is 34.2. The summed E-state index contributed by atoms with van der Waals surface area (Å²) in [6, 6.07) is 61.3. The van der Waals surface area contributed by atoms with Gasteiger partial charge in [0.2, 0.25) is 0 Å². The monoisotopic (exact) mass is 1040 g/mol. The van der Waals surface area contributed by atoms with E-state index in [-0.39, 0.29) is 37.7 Å². The van der Waals surface area contributed by atoms with Crippen LogP contribution in [-0.4, -0.2) is 43.0 Å². The Balaban J connectivity index is 0.000000148. The van der Waals surface area contributed by atoms with Crippen molar-refractivity contribution in [2.75, 3.05) is 14.2 Å². The molecule has 4 heterocycles. The van der Waals surface area contributed by atoms with Crippen LogP contribution in [-0.2, 0) is 26.2 Å². The molecule has 0 amide bonds. The van der Waals surface area contributed by atoms with E-state index in [2.05, 4.69) is 119 Å². The van der Waals surface area contributed by atoms with E-state index < -0.39 is 0 Å². The van der Waals surface area contributed by atoms with Crippen LogP contribution >= 0.6 is 22.7 Å². The van der Waals surface area contributed by atoms with Gasteiger partial charge >= 0.3 is 0 Å². The Hall–Kier alpha value is -7.42. The Labute approximate surface area is 442 Å². The van der Waals surface area contributed by atoms with Crippen LogP contribution in [0, 0.1) is 27.7 Å². The molecule has 0 aliphatic rings. The Bertz CT molecular complexity index is 3370. The molecule has 4 N–H and O–H groups in total. The molecule has 9 heteroatoms. The molecular weight excluding hydrogens is 992 g/mol. The van der Waals surface area contributed by atoms with Crippen LogP contribution in [0.5, 0.6) is 23.0 Å². The number of aryl methyl sites for hydroxylation is 2. The van der Waals surface area contributed by atoms with Gasteiger partial charge in [-0.2, -0.15) is 49.2 Å². The van der Waals surface area contributed by atoms with E-state index in [0.29, 0.717) is 0 Å². The van der Waals surface area contributed by atoms with Crippen molar-refractivity contribution in [1.29, 1.82) is 0 Å². The van der Waals surface area contributed by atoms with Crippen LogP contribution in [0.25, 0.3) is 77.2 Å². The van der Waals surface area contributed by atoms with Crippen molar-refractivity contribution in [3.05, 3.63) is 240 Å². The second-order valence-corrected chi connectivity index (χ2v) is 18.3. The summed E-state index contributed by atoms with van der Waals surface area (Å²) in [5.74, 6) is 2.36. The minimum Gasteiger partial charge on any atom is -0.584 e. The Kier molecular flexibility index (Phi) is 15.9. The van der Waals surface area contributed by atoms with Crippen molar-refractivity contribution in [3.63, 3.8) is 0 Å². The number of nitrogens with zero attached hydrogens (tertiary/aromatic N) is 2. The van der Waals surface area contributed by atoms with E-state index in [0.717, 1.165) is 89.4 Å². The Morgan fingerprint density at radius 3 is 0.972 bits per heavy atom. The standard InChI is InChI=1S/2C24H19NO2S.2C7H7.Zr/c2*1-15-11-18(19-13-28-14-23(19)27-2)24(26)22(12-15)25-20-9-5-3-7-16(20)17-8-4-6-10-21(17)25;2*1-7-5-3-2-4-6-7;/h2*3-14,26H,1-2H3;2*2-6H,1H2;/q;;2*-1;/p+2. The van der Waals surface area contributed by atoms with Crippen LogP contribution in [0.3, 0.4) is 0 Å². The smallest absolute Gasteiger partial charge is 0.273 e.